The van der Waals surface area contributed by atoms with E-state index in [-0.39, 0.29) is 28.8 Å². The van der Waals surface area contributed by atoms with E-state index >= 15 is 0 Å². The quantitative estimate of drug-likeness (QED) is 0.891. The summed E-state index contributed by atoms with van der Waals surface area (Å²) in [7, 11) is 0. The fourth-order valence-corrected chi connectivity index (χ4v) is 2.34. The average Bonchev–Trinajstić information content (AvgIpc) is 2.96. The van der Waals surface area contributed by atoms with Gasteiger partial charge in [-0.2, -0.15) is 0 Å². The van der Waals surface area contributed by atoms with Crippen molar-refractivity contribution < 1.29 is 32.2 Å². The normalized spacial score (nSPS) is 12.8. The topological polar surface area (TPSA) is 56.8 Å². The van der Waals surface area contributed by atoms with Gasteiger partial charge in [-0.25, -0.2) is 0 Å². The summed E-state index contributed by atoms with van der Waals surface area (Å²) in [5.74, 6) is -0.597. The standard InChI is InChI=1S/C15H9ClF3NO4/c16-9-5-8(6-12-13(9)23-7-22-12)14(21)20-10-3-1-2-4-11(10)24-15(17,18)19/h1-6H,7H2,(H,20,21). The maximum Gasteiger partial charge on any atom is 0.573 e. The number of carbonyl (C=O) groups excluding carboxylic acids is 1. The summed E-state index contributed by atoms with van der Waals surface area (Å²) in [6, 6.07) is 7.91. The number of para-hydroxylation sites is 2. The predicted octanol–water partition coefficient (Wildman–Crippen LogP) is 4.22. The van der Waals surface area contributed by atoms with Crippen molar-refractivity contribution >= 4 is 23.2 Å². The molecule has 1 amide bonds. The second-order valence-corrected chi connectivity index (χ2v) is 5.10. The highest BCUT2D eigenvalue weighted by molar-refractivity contribution is 6.32. The Kier molecular flexibility index (Phi) is 4.15. The summed E-state index contributed by atoms with van der Waals surface area (Å²) < 4.78 is 51.4. The summed E-state index contributed by atoms with van der Waals surface area (Å²) in [6.45, 7) is -0.0254. The SMILES string of the molecule is O=C(Nc1ccccc1OC(F)(F)F)c1cc(Cl)c2c(c1)OCO2. The van der Waals surface area contributed by atoms with Crippen LogP contribution in [-0.4, -0.2) is 19.1 Å². The van der Waals surface area contributed by atoms with Crippen LogP contribution in [0.4, 0.5) is 18.9 Å². The summed E-state index contributed by atoms with van der Waals surface area (Å²) in [5.41, 5.74) is -0.0281. The molecule has 0 aliphatic carbocycles. The molecular formula is C15H9ClF3NO4. The van der Waals surface area contributed by atoms with Crippen LogP contribution in [0.25, 0.3) is 0 Å². The number of carbonyl (C=O) groups is 1. The van der Waals surface area contributed by atoms with Gasteiger partial charge in [0.1, 0.15) is 0 Å². The third-order valence-corrected chi connectivity index (χ3v) is 3.33. The molecule has 24 heavy (non-hydrogen) atoms. The number of anilines is 1. The summed E-state index contributed by atoms with van der Waals surface area (Å²) in [6.07, 6.45) is -4.87. The van der Waals surface area contributed by atoms with Gasteiger partial charge < -0.3 is 19.5 Å². The Hall–Kier alpha value is -2.61. The number of ether oxygens (including phenoxy) is 3. The van der Waals surface area contributed by atoms with Gasteiger partial charge in [-0.1, -0.05) is 23.7 Å². The summed E-state index contributed by atoms with van der Waals surface area (Å²) in [4.78, 5) is 12.3. The maximum atomic E-state index is 12.4. The molecule has 0 radical (unpaired) electrons. The second kappa shape index (κ2) is 6.12. The zero-order chi connectivity index (χ0) is 17.3. The minimum absolute atomic E-state index is 0.0254. The van der Waals surface area contributed by atoms with Gasteiger partial charge in [-0.05, 0) is 24.3 Å². The monoisotopic (exact) mass is 359 g/mol. The van der Waals surface area contributed by atoms with Crippen molar-refractivity contribution in [1.29, 1.82) is 0 Å². The molecule has 0 fully saturated rings. The predicted molar refractivity (Wildman–Crippen MR) is 78.7 cm³/mol. The van der Waals surface area contributed by atoms with Gasteiger partial charge in [-0.3, -0.25) is 4.79 Å². The smallest absolute Gasteiger partial charge is 0.454 e. The fraction of sp³-hybridized carbons (Fsp3) is 0.133. The van der Waals surface area contributed by atoms with Crippen LogP contribution >= 0.6 is 11.6 Å². The minimum atomic E-state index is -4.87. The Morgan fingerprint density at radius 2 is 1.96 bits per heavy atom. The highest BCUT2D eigenvalue weighted by Gasteiger charge is 2.32. The molecule has 0 atom stereocenters. The number of fused-ring (bicyclic) bond motifs is 1. The van der Waals surface area contributed by atoms with E-state index in [0.717, 1.165) is 6.07 Å². The van der Waals surface area contributed by atoms with Crippen LogP contribution in [0.15, 0.2) is 36.4 Å². The molecule has 0 unspecified atom stereocenters. The molecule has 5 nitrogen and oxygen atoms in total. The van der Waals surface area contributed by atoms with Crippen LogP contribution in [0, 0.1) is 0 Å². The Morgan fingerprint density at radius 3 is 2.71 bits per heavy atom. The number of hydrogen-bond donors (Lipinski definition) is 1. The van der Waals surface area contributed by atoms with Gasteiger partial charge >= 0.3 is 6.36 Å². The lowest BCUT2D eigenvalue weighted by atomic mass is 10.1. The molecule has 1 heterocycles. The van der Waals surface area contributed by atoms with Gasteiger partial charge in [0.05, 0.1) is 10.7 Å². The van der Waals surface area contributed by atoms with Crippen molar-refractivity contribution in [2.45, 2.75) is 6.36 Å². The highest BCUT2D eigenvalue weighted by atomic mass is 35.5. The van der Waals surface area contributed by atoms with Crippen LogP contribution in [0.1, 0.15) is 10.4 Å². The number of halogens is 4. The lowest BCUT2D eigenvalue weighted by molar-refractivity contribution is -0.274. The fourth-order valence-electron chi connectivity index (χ4n) is 2.08. The Morgan fingerprint density at radius 1 is 1.21 bits per heavy atom. The van der Waals surface area contributed by atoms with E-state index in [4.69, 9.17) is 21.1 Å². The average molecular weight is 360 g/mol. The largest absolute Gasteiger partial charge is 0.573 e. The summed E-state index contributed by atoms with van der Waals surface area (Å²) in [5, 5.41) is 2.51. The first-order chi connectivity index (χ1) is 11.3. The Bertz CT molecular complexity index is 795. The third kappa shape index (κ3) is 3.48. The molecule has 0 bridgehead atoms. The van der Waals surface area contributed by atoms with Gasteiger partial charge in [-0.15, -0.1) is 13.2 Å². The minimum Gasteiger partial charge on any atom is -0.454 e. The van der Waals surface area contributed by atoms with Gasteiger partial charge in [0.2, 0.25) is 6.79 Å². The molecule has 0 spiro atoms. The van der Waals surface area contributed by atoms with Crippen LogP contribution in [0.2, 0.25) is 5.02 Å². The van der Waals surface area contributed by atoms with Gasteiger partial charge in [0.15, 0.2) is 17.2 Å². The molecule has 1 N–H and O–H groups in total. The van der Waals surface area contributed by atoms with E-state index in [0.29, 0.717) is 5.75 Å². The first-order valence-electron chi connectivity index (χ1n) is 6.59. The van der Waals surface area contributed by atoms with Crippen molar-refractivity contribution in [3.63, 3.8) is 0 Å². The van der Waals surface area contributed by atoms with Crippen molar-refractivity contribution in [3.05, 3.63) is 47.0 Å². The van der Waals surface area contributed by atoms with Crippen molar-refractivity contribution in [2.75, 3.05) is 12.1 Å². The number of rotatable bonds is 3. The first kappa shape index (κ1) is 16.3. The summed E-state index contributed by atoms with van der Waals surface area (Å²) >= 11 is 5.98. The molecule has 3 rings (SSSR count). The molecule has 126 valence electrons. The van der Waals surface area contributed by atoms with Gasteiger partial charge in [0.25, 0.3) is 5.91 Å². The van der Waals surface area contributed by atoms with E-state index in [9.17, 15) is 18.0 Å². The van der Waals surface area contributed by atoms with Crippen molar-refractivity contribution in [2.24, 2.45) is 0 Å². The lowest BCUT2D eigenvalue weighted by Gasteiger charge is -2.14. The van der Waals surface area contributed by atoms with E-state index in [1.165, 1.54) is 30.3 Å². The Balaban J connectivity index is 1.85. The third-order valence-electron chi connectivity index (χ3n) is 3.05. The van der Waals surface area contributed by atoms with Crippen LogP contribution in [0.3, 0.4) is 0 Å². The number of alkyl halides is 3. The molecule has 2 aromatic carbocycles. The lowest BCUT2D eigenvalue weighted by Crippen LogP contribution is -2.19. The van der Waals surface area contributed by atoms with E-state index in [1.807, 2.05) is 0 Å². The van der Waals surface area contributed by atoms with Crippen LogP contribution in [-0.2, 0) is 0 Å². The molecular weight excluding hydrogens is 351 g/mol. The molecule has 0 aromatic heterocycles. The van der Waals surface area contributed by atoms with Crippen LogP contribution in [0.5, 0.6) is 17.2 Å². The first-order valence-corrected chi connectivity index (χ1v) is 6.96. The van der Waals surface area contributed by atoms with E-state index in [1.54, 1.807) is 0 Å². The zero-order valence-corrected chi connectivity index (χ0v) is 12.6. The molecule has 1 aliphatic heterocycles. The van der Waals surface area contributed by atoms with Crippen molar-refractivity contribution in [1.82, 2.24) is 0 Å². The van der Waals surface area contributed by atoms with E-state index < -0.39 is 18.0 Å². The number of benzene rings is 2. The van der Waals surface area contributed by atoms with Crippen molar-refractivity contribution in [3.8, 4) is 17.2 Å². The van der Waals surface area contributed by atoms with Gasteiger partial charge in [0, 0.05) is 5.56 Å². The Labute approximate surface area is 138 Å². The number of hydrogen-bond acceptors (Lipinski definition) is 4. The maximum absolute atomic E-state index is 12.4. The molecule has 1 aliphatic rings. The molecule has 9 heteroatoms. The van der Waals surface area contributed by atoms with E-state index in [2.05, 4.69) is 10.1 Å². The molecule has 2 aromatic rings. The van der Waals surface area contributed by atoms with Crippen LogP contribution < -0.4 is 19.5 Å². The number of nitrogens with one attached hydrogen (secondary N) is 1. The highest BCUT2D eigenvalue weighted by Crippen LogP contribution is 2.40. The molecule has 0 saturated heterocycles. The second-order valence-electron chi connectivity index (χ2n) is 4.69. The molecule has 0 saturated carbocycles. The zero-order valence-electron chi connectivity index (χ0n) is 11.8. The number of amides is 1.